The molecule has 3 nitrogen and oxygen atoms in total. The Morgan fingerprint density at radius 1 is 1.14 bits per heavy atom. The van der Waals surface area contributed by atoms with Crippen LogP contribution >= 0.6 is 15.9 Å². The number of nitrogens with two attached hydrogens (primary N) is 1. The molecule has 2 aromatic carbocycles. The van der Waals surface area contributed by atoms with Gasteiger partial charge in [-0.15, -0.1) is 0 Å². The number of hydrogen-bond donors (Lipinski definition) is 1. The molecule has 1 unspecified atom stereocenters. The zero-order chi connectivity index (χ0) is 15.4. The maximum absolute atomic E-state index is 13.6. The molecule has 0 saturated heterocycles. The molecular formula is C14H12BrF2NO2S. The molecule has 0 aliphatic carbocycles. The summed E-state index contributed by atoms with van der Waals surface area (Å²) in [5.74, 6) is -1.24. The Balaban J connectivity index is 1.98. The van der Waals surface area contributed by atoms with Crippen LogP contribution in [0.2, 0.25) is 0 Å². The molecule has 2 N–H and O–H groups in total. The predicted octanol–water partition coefficient (Wildman–Crippen LogP) is 3.50. The molecule has 112 valence electrons. The lowest BCUT2D eigenvalue weighted by Crippen LogP contribution is -2.11. The third-order valence-electron chi connectivity index (χ3n) is 2.60. The van der Waals surface area contributed by atoms with Crippen molar-refractivity contribution in [1.82, 2.24) is 0 Å². The van der Waals surface area contributed by atoms with Crippen molar-refractivity contribution in [2.24, 2.45) is 0 Å². The lowest BCUT2D eigenvalue weighted by Gasteiger charge is -2.08. The van der Waals surface area contributed by atoms with Gasteiger partial charge in [0.25, 0.3) is 0 Å². The highest BCUT2D eigenvalue weighted by atomic mass is 79.9. The van der Waals surface area contributed by atoms with Gasteiger partial charge in [-0.25, -0.2) is 8.78 Å². The molecule has 0 aromatic heterocycles. The van der Waals surface area contributed by atoms with E-state index in [-0.39, 0.29) is 18.0 Å². The Labute approximate surface area is 131 Å². The van der Waals surface area contributed by atoms with E-state index in [0.29, 0.717) is 5.75 Å². The van der Waals surface area contributed by atoms with Gasteiger partial charge in [-0.2, -0.15) is 0 Å². The normalized spacial score (nSPS) is 12.1. The van der Waals surface area contributed by atoms with Crippen LogP contribution in [0.25, 0.3) is 0 Å². The lowest BCUT2D eigenvalue weighted by atomic mass is 10.3. The van der Waals surface area contributed by atoms with Crippen molar-refractivity contribution in [2.45, 2.75) is 4.90 Å². The quantitative estimate of drug-likeness (QED) is 0.813. The fourth-order valence-electron chi connectivity index (χ4n) is 1.67. The van der Waals surface area contributed by atoms with Crippen LogP contribution in [0.3, 0.4) is 0 Å². The highest BCUT2D eigenvalue weighted by molar-refractivity contribution is 9.10. The molecule has 0 bridgehead atoms. The molecule has 0 radical (unpaired) electrons. The molecule has 0 spiro atoms. The smallest absolute Gasteiger partial charge is 0.144 e. The van der Waals surface area contributed by atoms with Crippen LogP contribution in [0.4, 0.5) is 14.5 Å². The van der Waals surface area contributed by atoms with Crippen LogP contribution in [0.15, 0.2) is 45.8 Å². The highest BCUT2D eigenvalue weighted by Crippen LogP contribution is 2.21. The fraction of sp³-hybridized carbons (Fsp3) is 0.143. The van der Waals surface area contributed by atoms with Gasteiger partial charge in [0.15, 0.2) is 0 Å². The van der Waals surface area contributed by atoms with Crippen LogP contribution in [0.1, 0.15) is 0 Å². The van der Waals surface area contributed by atoms with Gasteiger partial charge in [0, 0.05) is 10.2 Å². The molecule has 0 heterocycles. The molecule has 0 saturated carbocycles. The summed E-state index contributed by atoms with van der Waals surface area (Å²) in [5.41, 5.74) is 5.26. The average molecular weight is 376 g/mol. The third kappa shape index (κ3) is 4.25. The summed E-state index contributed by atoms with van der Waals surface area (Å²) in [7, 11) is -1.83. The van der Waals surface area contributed by atoms with Gasteiger partial charge in [0.05, 0.1) is 16.6 Å². The SMILES string of the molecule is Nc1cc(F)c(S(=O)CCOc2ccc(Br)cc2)c(F)c1. The van der Waals surface area contributed by atoms with E-state index < -0.39 is 27.3 Å². The first kappa shape index (κ1) is 15.9. The van der Waals surface area contributed by atoms with Crippen LogP contribution < -0.4 is 10.5 Å². The predicted molar refractivity (Wildman–Crippen MR) is 81.7 cm³/mol. The van der Waals surface area contributed by atoms with Crippen LogP contribution in [-0.2, 0) is 10.8 Å². The lowest BCUT2D eigenvalue weighted by molar-refractivity contribution is 0.342. The van der Waals surface area contributed by atoms with Gasteiger partial charge in [-0.1, -0.05) is 15.9 Å². The Bertz CT molecular complexity index is 642. The topological polar surface area (TPSA) is 52.3 Å². The Morgan fingerprint density at radius 2 is 1.71 bits per heavy atom. The maximum Gasteiger partial charge on any atom is 0.144 e. The molecule has 0 fully saturated rings. The summed E-state index contributed by atoms with van der Waals surface area (Å²) in [6, 6.07) is 8.96. The molecule has 0 amide bonds. The second-order valence-electron chi connectivity index (χ2n) is 4.17. The zero-order valence-electron chi connectivity index (χ0n) is 10.8. The van der Waals surface area contributed by atoms with Crippen LogP contribution in [0, 0.1) is 11.6 Å². The van der Waals surface area contributed by atoms with E-state index in [1.165, 1.54) is 0 Å². The second-order valence-corrected chi connectivity index (χ2v) is 6.59. The molecule has 1 atom stereocenters. The maximum atomic E-state index is 13.6. The zero-order valence-corrected chi connectivity index (χ0v) is 13.2. The van der Waals surface area contributed by atoms with E-state index in [9.17, 15) is 13.0 Å². The number of nitrogen functional groups attached to an aromatic ring is 1. The molecule has 2 rings (SSSR count). The van der Waals surface area contributed by atoms with E-state index >= 15 is 0 Å². The molecule has 7 heteroatoms. The van der Waals surface area contributed by atoms with Crippen molar-refractivity contribution in [3.05, 3.63) is 52.5 Å². The number of anilines is 1. The molecule has 21 heavy (non-hydrogen) atoms. The summed E-state index contributed by atoms with van der Waals surface area (Å²) in [6.45, 7) is 0.0809. The minimum atomic E-state index is -1.83. The summed E-state index contributed by atoms with van der Waals surface area (Å²) in [6.07, 6.45) is 0. The standard InChI is InChI=1S/C14H12BrF2NO2S/c15-9-1-3-11(4-2-9)20-5-6-21(19)14-12(16)7-10(18)8-13(14)17/h1-4,7-8H,5-6,18H2. The van der Waals surface area contributed by atoms with E-state index in [1.807, 2.05) is 0 Å². The van der Waals surface area contributed by atoms with Crippen molar-refractivity contribution in [3.63, 3.8) is 0 Å². The molecular weight excluding hydrogens is 364 g/mol. The number of ether oxygens (including phenoxy) is 1. The third-order valence-corrected chi connectivity index (χ3v) is 4.51. The van der Waals surface area contributed by atoms with Gasteiger partial charge in [-0.05, 0) is 36.4 Å². The minimum absolute atomic E-state index is 0.0200. The Kier molecular flexibility index (Phi) is 5.30. The summed E-state index contributed by atoms with van der Waals surface area (Å²) >= 11 is 3.29. The van der Waals surface area contributed by atoms with E-state index in [0.717, 1.165) is 16.6 Å². The van der Waals surface area contributed by atoms with Gasteiger partial charge < -0.3 is 10.5 Å². The van der Waals surface area contributed by atoms with Gasteiger partial charge >= 0.3 is 0 Å². The first-order chi connectivity index (χ1) is 9.97. The van der Waals surface area contributed by atoms with E-state index in [2.05, 4.69) is 15.9 Å². The molecule has 0 aliphatic rings. The van der Waals surface area contributed by atoms with Crippen molar-refractivity contribution in [2.75, 3.05) is 18.1 Å². The van der Waals surface area contributed by atoms with Gasteiger partial charge in [0.1, 0.15) is 28.9 Å². The summed E-state index contributed by atoms with van der Waals surface area (Å²) in [5, 5.41) is 0. The Morgan fingerprint density at radius 3 is 2.29 bits per heavy atom. The van der Waals surface area contributed by atoms with Gasteiger partial charge in [0.2, 0.25) is 0 Å². The number of hydrogen-bond acceptors (Lipinski definition) is 3. The largest absolute Gasteiger partial charge is 0.493 e. The van der Waals surface area contributed by atoms with E-state index in [4.69, 9.17) is 10.5 Å². The number of rotatable bonds is 5. The van der Waals surface area contributed by atoms with E-state index in [1.54, 1.807) is 24.3 Å². The van der Waals surface area contributed by atoms with Crippen molar-refractivity contribution >= 4 is 32.4 Å². The molecule has 0 aliphatic heterocycles. The fourth-order valence-corrected chi connectivity index (χ4v) is 2.92. The Hall–Kier alpha value is -1.47. The van der Waals surface area contributed by atoms with Crippen molar-refractivity contribution in [3.8, 4) is 5.75 Å². The van der Waals surface area contributed by atoms with Gasteiger partial charge in [-0.3, -0.25) is 4.21 Å². The van der Waals surface area contributed by atoms with Crippen LogP contribution in [-0.4, -0.2) is 16.6 Å². The highest BCUT2D eigenvalue weighted by Gasteiger charge is 2.17. The number of halogens is 3. The summed E-state index contributed by atoms with van der Waals surface area (Å²) < 4.78 is 45.4. The van der Waals surface area contributed by atoms with Crippen molar-refractivity contribution in [1.29, 1.82) is 0 Å². The second kappa shape index (κ2) is 7.00. The van der Waals surface area contributed by atoms with Crippen molar-refractivity contribution < 1.29 is 17.7 Å². The minimum Gasteiger partial charge on any atom is -0.493 e. The van der Waals surface area contributed by atoms with Crippen LogP contribution in [0.5, 0.6) is 5.75 Å². The summed E-state index contributed by atoms with van der Waals surface area (Å²) in [4.78, 5) is -0.469. The molecule has 2 aromatic rings. The first-order valence-corrected chi connectivity index (χ1v) is 8.10. The average Bonchev–Trinajstić information content (AvgIpc) is 2.40. The monoisotopic (exact) mass is 375 g/mol. The first-order valence-electron chi connectivity index (χ1n) is 5.98. The number of benzene rings is 2.